The van der Waals surface area contributed by atoms with Crippen LogP contribution in [0.15, 0.2) is 0 Å². The predicted octanol–water partition coefficient (Wildman–Crippen LogP) is 3.45. The van der Waals surface area contributed by atoms with Crippen LogP contribution in [0.4, 0.5) is 0 Å². The number of piperazine rings is 1. The highest BCUT2D eigenvalue weighted by Crippen LogP contribution is 2.44. The normalized spacial score (nSPS) is 39.9. The molecule has 2 amide bonds. The zero-order valence-corrected chi connectivity index (χ0v) is 18.6. The number of aliphatic hydroxyl groups is 1. The smallest absolute Gasteiger partial charge is 0.254 e. The van der Waals surface area contributed by atoms with Gasteiger partial charge in [-0.2, -0.15) is 0 Å². The van der Waals surface area contributed by atoms with Gasteiger partial charge in [-0.25, -0.2) is 0 Å². The molecule has 5 nitrogen and oxygen atoms in total. The minimum Gasteiger partial charge on any atom is -0.380 e. The standard InChI is InChI=1S/C24H40N2O3/c1-16-4-9-21(17(2)14-16)19-5-7-20(8-6-19)22(27)25-12-13-26(18(3)15-25)23(28)24(29)10-11-24/h16-21,29H,4-15H2,1-3H3/t16?,17?,18-,19?,20?,21?/m1/s1. The quantitative estimate of drug-likeness (QED) is 0.784. The first-order valence-corrected chi connectivity index (χ1v) is 12.1. The molecular formula is C24H40N2O3. The highest BCUT2D eigenvalue weighted by atomic mass is 16.3. The van der Waals surface area contributed by atoms with Crippen LogP contribution in [0.5, 0.6) is 0 Å². The van der Waals surface area contributed by atoms with Gasteiger partial charge in [0.1, 0.15) is 5.60 Å². The molecule has 1 saturated heterocycles. The molecule has 5 heteroatoms. The lowest BCUT2D eigenvalue weighted by molar-refractivity contribution is -0.152. The first-order valence-electron chi connectivity index (χ1n) is 12.1. The molecule has 3 saturated carbocycles. The van der Waals surface area contributed by atoms with Gasteiger partial charge in [0.25, 0.3) is 5.91 Å². The number of nitrogens with zero attached hydrogens (tertiary/aromatic N) is 2. The van der Waals surface area contributed by atoms with Crippen LogP contribution in [0.25, 0.3) is 0 Å². The Bertz CT molecular complexity index is 624. The molecule has 1 aliphatic heterocycles. The van der Waals surface area contributed by atoms with Crippen molar-refractivity contribution in [1.82, 2.24) is 9.80 Å². The van der Waals surface area contributed by atoms with E-state index < -0.39 is 5.60 Å². The summed E-state index contributed by atoms with van der Waals surface area (Å²) >= 11 is 0. The second kappa shape index (κ2) is 8.20. The van der Waals surface area contributed by atoms with Gasteiger partial charge in [0.2, 0.25) is 5.91 Å². The molecule has 29 heavy (non-hydrogen) atoms. The molecule has 164 valence electrons. The molecular weight excluding hydrogens is 364 g/mol. The van der Waals surface area contributed by atoms with Crippen LogP contribution in [0.3, 0.4) is 0 Å². The van der Waals surface area contributed by atoms with Gasteiger partial charge in [0, 0.05) is 31.6 Å². The summed E-state index contributed by atoms with van der Waals surface area (Å²) in [4.78, 5) is 29.4. The maximum Gasteiger partial charge on any atom is 0.254 e. The largest absolute Gasteiger partial charge is 0.380 e. The average molecular weight is 405 g/mol. The topological polar surface area (TPSA) is 60.9 Å². The molecule has 3 aliphatic carbocycles. The van der Waals surface area contributed by atoms with E-state index in [1.807, 2.05) is 11.8 Å². The molecule has 0 aromatic rings. The van der Waals surface area contributed by atoms with Crippen LogP contribution in [-0.4, -0.2) is 58.0 Å². The second-order valence-corrected chi connectivity index (χ2v) is 10.8. The van der Waals surface area contributed by atoms with E-state index in [1.54, 1.807) is 4.90 Å². The highest BCUT2D eigenvalue weighted by Gasteiger charge is 2.51. The summed E-state index contributed by atoms with van der Waals surface area (Å²) in [6, 6.07) is -0.00811. The summed E-state index contributed by atoms with van der Waals surface area (Å²) in [7, 11) is 0. The zero-order chi connectivity index (χ0) is 20.8. The number of hydrogen-bond donors (Lipinski definition) is 1. The molecule has 0 spiro atoms. The molecule has 0 aromatic heterocycles. The van der Waals surface area contributed by atoms with Gasteiger partial charge in [-0.1, -0.05) is 20.3 Å². The van der Waals surface area contributed by atoms with Crippen molar-refractivity contribution in [1.29, 1.82) is 0 Å². The summed E-state index contributed by atoms with van der Waals surface area (Å²) in [5, 5.41) is 10.1. The van der Waals surface area contributed by atoms with Gasteiger partial charge in [0.05, 0.1) is 0 Å². The molecule has 0 aromatic carbocycles. The third kappa shape index (κ3) is 4.35. The molecule has 0 radical (unpaired) electrons. The van der Waals surface area contributed by atoms with Crippen molar-refractivity contribution in [2.45, 2.75) is 90.2 Å². The van der Waals surface area contributed by atoms with Gasteiger partial charge >= 0.3 is 0 Å². The van der Waals surface area contributed by atoms with E-state index >= 15 is 0 Å². The Morgan fingerprint density at radius 1 is 0.931 bits per heavy atom. The van der Waals surface area contributed by atoms with E-state index in [4.69, 9.17) is 0 Å². The predicted molar refractivity (Wildman–Crippen MR) is 113 cm³/mol. The van der Waals surface area contributed by atoms with Crippen molar-refractivity contribution in [2.75, 3.05) is 19.6 Å². The van der Waals surface area contributed by atoms with Crippen LogP contribution in [0.1, 0.15) is 78.6 Å². The lowest BCUT2D eigenvalue weighted by Crippen LogP contribution is -2.58. The zero-order valence-electron chi connectivity index (χ0n) is 18.6. The van der Waals surface area contributed by atoms with Crippen LogP contribution in [0.2, 0.25) is 0 Å². The van der Waals surface area contributed by atoms with E-state index in [0.29, 0.717) is 38.4 Å². The van der Waals surface area contributed by atoms with Gasteiger partial charge in [-0.05, 0) is 82.0 Å². The van der Waals surface area contributed by atoms with E-state index in [1.165, 1.54) is 32.1 Å². The number of rotatable bonds is 3. The minimum absolute atomic E-state index is 0.00811. The molecule has 1 N–H and O–H groups in total. The summed E-state index contributed by atoms with van der Waals surface area (Å²) in [5.41, 5.74) is -1.10. The molecule has 1 heterocycles. The fourth-order valence-electron chi connectivity index (χ4n) is 6.50. The number of hydrogen-bond acceptors (Lipinski definition) is 3. The van der Waals surface area contributed by atoms with E-state index in [9.17, 15) is 14.7 Å². The van der Waals surface area contributed by atoms with E-state index in [2.05, 4.69) is 13.8 Å². The van der Waals surface area contributed by atoms with Crippen molar-refractivity contribution in [3.63, 3.8) is 0 Å². The summed E-state index contributed by atoms with van der Waals surface area (Å²) < 4.78 is 0. The molecule has 4 atom stereocenters. The molecule has 4 fully saturated rings. The molecule has 4 aliphatic rings. The number of carbonyl (C=O) groups excluding carboxylic acids is 2. The number of amides is 2. The lowest BCUT2D eigenvalue weighted by atomic mass is 9.65. The van der Waals surface area contributed by atoms with Crippen molar-refractivity contribution in [3.05, 3.63) is 0 Å². The van der Waals surface area contributed by atoms with Crippen LogP contribution >= 0.6 is 0 Å². The highest BCUT2D eigenvalue weighted by molar-refractivity contribution is 5.88. The van der Waals surface area contributed by atoms with Crippen molar-refractivity contribution in [2.24, 2.45) is 29.6 Å². The fourth-order valence-corrected chi connectivity index (χ4v) is 6.50. The average Bonchev–Trinajstić information content (AvgIpc) is 3.46. The van der Waals surface area contributed by atoms with E-state index in [-0.39, 0.29) is 17.9 Å². The van der Waals surface area contributed by atoms with E-state index in [0.717, 1.165) is 36.5 Å². The van der Waals surface area contributed by atoms with Crippen molar-refractivity contribution >= 4 is 11.8 Å². The van der Waals surface area contributed by atoms with Gasteiger partial charge in [-0.15, -0.1) is 0 Å². The summed E-state index contributed by atoms with van der Waals surface area (Å²) in [6.07, 6.45) is 9.79. The Labute approximate surface area is 176 Å². The van der Waals surface area contributed by atoms with Crippen molar-refractivity contribution < 1.29 is 14.7 Å². The third-order valence-electron chi connectivity index (χ3n) is 8.55. The van der Waals surface area contributed by atoms with Gasteiger partial charge in [0.15, 0.2) is 0 Å². The fraction of sp³-hybridized carbons (Fsp3) is 0.917. The molecule has 4 rings (SSSR count). The summed E-state index contributed by atoms with van der Waals surface area (Å²) in [5.74, 6) is 3.74. The second-order valence-electron chi connectivity index (χ2n) is 10.8. The SMILES string of the molecule is CC1CCC(C2CCC(C(=O)N3CCN(C(=O)C4(O)CC4)[C@H](C)C3)CC2)C(C)C1. The Morgan fingerprint density at radius 2 is 1.62 bits per heavy atom. The monoisotopic (exact) mass is 404 g/mol. The Hall–Kier alpha value is -1.10. The third-order valence-corrected chi connectivity index (χ3v) is 8.55. The van der Waals surface area contributed by atoms with Gasteiger partial charge in [-0.3, -0.25) is 9.59 Å². The van der Waals surface area contributed by atoms with Crippen LogP contribution in [-0.2, 0) is 9.59 Å². The maximum absolute atomic E-state index is 13.1. The Balaban J connectivity index is 1.26. The molecule has 0 bridgehead atoms. The maximum atomic E-state index is 13.1. The first-order chi connectivity index (χ1) is 13.8. The van der Waals surface area contributed by atoms with Crippen LogP contribution < -0.4 is 0 Å². The summed E-state index contributed by atoms with van der Waals surface area (Å²) in [6.45, 7) is 8.62. The Morgan fingerprint density at radius 3 is 2.21 bits per heavy atom. The van der Waals surface area contributed by atoms with Gasteiger partial charge < -0.3 is 14.9 Å². The number of carbonyl (C=O) groups is 2. The minimum atomic E-state index is -1.10. The Kier molecular flexibility index (Phi) is 5.98. The van der Waals surface area contributed by atoms with Crippen LogP contribution in [0, 0.1) is 29.6 Å². The molecule has 3 unspecified atom stereocenters. The first kappa shape index (κ1) is 21.1. The lowest BCUT2D eigenvalue weighted by Gasteiger charge is -2.44. The van der Waals surface area contributed by atoms with Crippen molar-refractivity contribution in [3.8, 4) is 0 Å².